The molecule has 0 aliphatic heterocycles. The Balaban J connectivity index is 3.87. The van der Waals surface area contributed by atoms with Crippen LogP contribution in [0.15, 0.2) is 12.1 Å². The van der Waals surface area contributed by atoms with Crippen LogP contribution in [0.1, 0.15) is 44.7 Å². The van der Waals surface area contributed by atoms with Crippen LogP contribution in [0.2, 0.25) is 0 Å². The number of rotatable bonds is 16. The number of aromatic carboxylic acids is 2. The van der Waals surface area contributed by atoms with E-state index in [1.807, 2.05) is 0 Å². The van der Waals surface area contributed by atoms with Crippen LogP contribution in [0, 0.1) is 0 Å². The maximum Gasteiger partial charge on any atom is 0.460 e. The number of hydrogen-bond donors (Lipinski definition) is 2. The van der Waals surface area contributed by atoms with Crippen molar-refractivity contribution in [2.75, 3.05) is 0 Å². The average molecular weight is 858 g/mol. The number of benzene rings is 1. The SMILES string of the molecule is O=C(O)c1ccc(C(=O)O)c(CCC(F)(F)C(F)(F)C(F)(F)C(F)(F)C(F)(F)C(F)(F)F)c1CCC(F)(F)C(F)(F)C(F)(F)C(F)(F)C(F)(F)C(F)(F)F. The van der Waals surface area contributed by atoms with Gasteiger partial charge in [0.25, 0.3) is 0 Å². The van der Waals surface area contributed by atoms with Crippen molar-refractivity contribution in [3.8, 4) is 0 Å². The van der Waals surface area contributed by atoms with Gasteiger partial charge in [-0.1, -0.05) is 0 Å². The average Bonchev–Trinajstić information content (AvgIpc) is 2.96. The number of carboxylic acid groups (broad SMARTS) is 2. The molecule has 0 atom stereocenters. The van der Waals surface area contributed by atoms with E-state index in [9.17, 15) is 134 Å². The fraction of sp³-hybridized carbons (Fsp3) is 0.667. The van der Waals surface area contributed by atoms with Crippen molar-refractivity contribution in [2.45, 2.75) is 97.3 Å². The maximum absolute atomic E-state index is 14.4. The highest BCUT2D eigenvalue weighted by atomic mass is 19.4. The number of carboxylic acids is 2. The third kappa shape index (κ3) is 7.12. The molecule has 54 heavy (non-hydrogen) atoms. The fourth-order valence-corrected chi connectivity index (χ4v) is 4.15. The summed E-state index contributed by atoms with van der Waals surface area (Å²) in [5, 5.41) is 18.4. The van der Waals surface area contributed by atoms with Crippen molar-refractivity contribution >= 4 is 11.9 Å². The molecule has 0 amide bonds. The van der Waals surface area contributed by atoms with Crippen LogP contribution in [-0.2, 0) is 12.8 Å². The zero-order valence-corrected chi connectivity index (χ0v) is 24.5. The molecule has 1 rings (SSSR count). The Morgan fingerprint density at radius 1 is 0.370 bits per heavy atom. The third-order valence-corrected chi connectivity index (χ3v) is 7.27. The summed E-state index contributed by atoms with van der Waals surface area (Å²) in [5.41, 5.74) is -7.92. The second-order valence-corrected chi connectivity index (χ2v) is 10.7. The molecule has 0 saturated heterocycles. The molecule has 0 aromatic heterocycles. The van der Waals surface area contributed by atoms with Crippen molar-refractivity contribution in [1.82, 2.24) is 0 Å². The molecule has 30 heteroatoms. The van der Waals surface area contributed by atoms with Gasteiger partial charge in [-0.2, -0.15) is 114 Å². The summed E-state index contributed by atoms with van der Waals surface area (Å²) in [4.78, 5) is 23.1. The highest BCUT2D eigenvalue weighted by Gasteiger charge is 2.92. The minimum Gasteiger partial charge on any atom is -0.478 e. The molecule has 1 aromatic carbocycles. The van der Waals surface area contributed by atoms with Gasteiger partial charge in [0.2, 0.25) is 0 Å². The number of alkyl halides is 26. The molecule has 0 spiro atoms. The van der Waals surface area contributed by atoms with Gasteiger partial charge in [0, 0.05) is 12.8 Å². The lowest BCUT2D eigenvalue weighted by Crippen LogP contribution is -2.70. The molecule has 0 bridgehead atoms. The van der Waals surface area contributed by atoms with E-state index in [0.717, 1.165) is 0 Å². The van der Waals surface area contributed by atoms with Crippen LogP contribution >= 0.6 is 0 Å². The molecule has 0 unspecified atom stereocenters. The number of hydrogen-bond acceptors (Lipinski definition) is 2. The second-order valence-electron chi connectivity index (χ2n) is 10.7. The van der Waals surface area contributed by atoms with E-state index < -0.39 is 131 Å². The zero-order chi connectivity index (χ0) is 43.7. The standard InChI is InChI=1S/C24H12F26O4/c25-13(26,15(29,30)17(33,34)19(37,38)21(41,42)23(45,46)47)5-3-7-8(10(12(53)54)2-1-9(7)11(51)52)4-6-14(27,28)16(31,32)18(35,36)20(39,40)22(43,44)24(48,49)50/h1-2H,3-6H2,(H,51,52)(H,53,54). The van der Waals surface area contributed by atoms with Gasteiger partial charge in [-0.3, -0.25) is 0 Å². The summed E-state index contributed by atoms with van der Waals surface area (Å²) in [6.45, 7) is 0. The first kappa shape index (κ1) is 48.4. The Bertz CT molecular complexity index is 1460. The molecule has 4 nitrogen and oxygen atoms in total. The number of halogens is 26. The molecule has 0 radical (unpaired) electrons. The van der Waals surface area contributed by atoms with Crippen LogP contribution in [0.5, 0.6) is 0 Å². The van der Waals surface area contributed by atoms with E-state index in [1.54, 1.807) is 0 Å². The van der Waals surface area contributed by atoms with Gasteiger partial charge in [-0.15, -0.1) is 0 Å². The second kappa shape index (κ2) is 13.5. The quantitative estimate of drug-likeness (QED) is 0.162. The summed E-state index contributed by atoms with van der Waals surface area (Å²) < 4.78 is 350. The molecule has 314 valence electrons. The first-order valence-electron chi connectivity index (χ1n) is 12.8. The fourth-order valence-electron chi connectivity index (χ4n) is 4.15. The van der Waals surface area contributed by atoms with Gasteiger partial charge in [0.05, 0.1) is 11.1 Å². The van der Waals surface area contributed by atoms with Crippen molar-refractivity contribution in [3.05, 3.63) is 34.4 Å². The van der Waals surface area contributed by atoms with Gasteiger partial charge in [0.1, 0.15) is 0 Å². The molecule has 0 aliphatic carbocycles. The van der Waals surface area contributed by atoms with Crippen LogP contribution < -0.4 is 0 Å². The normalized spacial score (nSPS) is 15.4. The van der Waals surface area contributed by atoms with Crippen molar-refractivity contribution in [3.63, 3.8) is 0 Å². The molecule has 2 N–H and O–H groups in total. The van der Waals surface area contributed by atoms with Crippen molar-refractivity contribution in [2.24, 2.45) is 0 Å². The van der Waals surface area contributed by atoms with Crippen LogP contribution in [0.3, 0.4) is 0 Å². The van der Waals surface area contributed by atoms with E-state index in [4.69, 9.17) is 0 Å². The summed E-state index contributed by atoms with van der Waals surface area (Å²) in [6, 6.07) is -0.289. The lowest BCUT2D eigenvalue weighted by Gasteiger charge is -2.40. The largest absolute Gasteiger partial charge is 0.478 e. The van der Waals surface area contributed by atoms with E-state index in [1.165, 1.54) is 0 Å². The molecular weight excluding hydrogens is 846 g/mol. The Hall–Kier alpha value is -3.66. The summed E-state index contributed by atoms with van der Waals surface area (Å²) in [5.74, 6) is -86.0. The highest BCUT2D eigenvalue weighted by Crippen LogP contribution is 2.62. The predicted octanol–water partition coefficient (Wildman–Crippen LogP) is 10.4. The molecule has 1 aromatic rings. The van der Waals surface area contributed by atoms with Crippen molar-refractivity contribution in [1.29, 1.82) is 0 Å². The predicted molar refractivity (Wildman–Crippen MR) is 119 cm³/mol. The smallest absolute Gasteiger partial charge is 0.460 e. The summed E-state index contributed by atoms with van der Waals surface area (Å²) in [7, 11) is 0. The van der Waals surface area contributed by atoms with Gasteiger partial charge in [-0.25, -0.2) is 9.59 Å². The lowest BCUT2D eigenvalue weighted by atomic mass is 9.85. The first-order chi connectivity index (χ1) is 23.3. The van der Waals surface area contributed by atoms with Crippen LogP contribution in [0.25, 0.3) is 0 Å². The molecule has 0 fully saturated rings. The molecule has 0 aliphatic rings. The van der Waals surface area contributed by atoms with Gasteiger partial charge in [-0.05, 0) is 36.1 Å². The third-order valence-electron chi connectivity index (χ3n) is 7.27. The van der Waals surface area contributed by atoms with Crippen LogP contribution in [-0.4, -0.2) is 93.7 Å². The molecular formula is C24H12F26O4. The molecule has 0 saturated carbocycles. The Morgan fingerprint density at radius 2 is 0.574 bits per heavy atom. The van der Waals surface area contributed by atoms with Gasteiger partial charge in [0.15, 0.2) is 0 Å². The monoisotopic (exact) mass is 858 g/mol. The van der Waals surface area contributed by atoms with Crippen LogP contribution in [0.4, 0.5) is 114 Å². The van der Waals surface area contributed by atoms with E-state index in [-0.39, 0.29) is 12.1 Å². The number of carbonyl (C=O) groups is 2. The zero-order valence-electron chi connectivity index (χ0n) is 24.5. The van der Waals surface area contributed by atoms with Gasteiger partial charge >= 0.3 is 83.5 Å². The Labute approximate surface area is 278 Å². The van der Waals surface area contributed by atoms with E-state index >= 15 is 0 Å². The highest BCUT2D eigenvalue weighted by molar-refractivity contribution is 5.95. The first-order valence-corrected chi connectivity index (χ1v) is 12.8. The lowest BCUT2D eigenvalue weighted by molar-refractivity contribution is -0.440. The van der Waals surface area contributed by atoms with Crippen molar-refractivity contribution < 1.29 is 134 Å². The minimum atomic E-state index is -8.47. The Kier molecular flexibility index (Phi) is 12.1. The minimum absolute atomic E-state index is 0.145. The van der Waals surface area contributed by atoms with Gasteiger partial charge < -0.3 is 10.2 Å². The van der Waals surface area contributed by atoms with E-state index in [0.29, 0.717) is 0 Å². The Morgan fingerprint density at radius 3 is 0.759 bits per heavy atom. The summed E-state index contributed by atoms with van der Waals surface area (Å²) >= 11 is 0. The van der Waals surface area contributed by atoms with E-state index in [2.05, 4.69) is 0 Å². The topological polar surface area (TPSA) is 74.6 Å². The summed E-state index contributed by atoms with van der Waals surface area (Å²) in [6.07, 6.45) is -27.9. The molecule has 0 heterocycles. The maximum atomic E-state index is 14.4.